The molecule has 0 bridgehead atoms. The van der Waals surface area contributed by atoms with Gasteiger partial charge < -0.3 is 9.64 Å². The number of hydrogen-bond donors (Lipinski definition) is 0. The zero-order valence-electron chi connectivity index (χ0n) is 13.5. The minimum atomic E-state index is -3.18. The number of thiophene rings is 1. The second kappa shape index (κ2) is 6.58. The van der Waals surface area contributed by atoms with Crippen LogP contribution in [0.3, 0.4) is 0 Å². The number of nitrogens with zero attached hydrogens (tertiary/aromatic N) is 1. The van der Waals surface area contributed by atoms with Crippen LogP contribution in [0.15, 0.2) is 4.21 Å². The van der Waals surface area contributed by atoms with Gasteiger partial charge in [-0.15, -0.1) is 11.3 Å². The highest BCUT2D eigenvalue weighted by atomic mass is 32.2. The van der Waals surface area contributed by atoms with E-state index in [-0.39, 0.29) is 17.8 Å². The number of hydrogen-bond acceptors (Lipinski definition) is 5. The van der Waals surface area contributed by atoms with E-state index in [1.54, 1.807) is 18.7 Å². The summed E-state index contributed by atoms with van der Waals surface area (Å²) in [6.45, 7) is 8.89. The molecule has 7 heteroatoms. The SMILES string of the molecule is CCOC(=O)N1CCc2sc(S(=O)(=O)CC)c(C)c2C(C)C1. The monoisotopic (exact) mass is 345 g/mol. The second-order valence-corrected chi connectivity index (χ2v) is 9.13. The summed E-state index contributed by atoms with van der Waals surface area (Å²) in [5, 5.41) is 0. The minimum Gasteiger partial charge on any atom is -0.450 e. The highest BCUT2D eigenvalue weighted by Gasteiger charge is 2.30. The van der Waals surface area contributed by atoms with Gasteiger partial charge in [0.2, 0.25) is 0 Å². The van der Waals surface area contributed by atoms with Crippen LogP contribution in [0.2, 0.25) is 0 Å². The quantitative estimate of drug-likeness (QED) is 0.845. The van der Waals surface area contributed by atoms with Crippen LogP contribution in [0.4, 0.5) is 4.79 Å². The zero-order valence-corrected chi connectivity index (χ0v) is 15.1. The van der Waals surface area contributed by atoms with Gasteiger partial charge in [-0.25, -0.2) is 13.2 Å². The fourth-order valence-electron chi connectivity index (χ4n) is 2.95. The van der Waals surface area contributed by atoms with Crippen molar-refractivity contribution in [2.75, 3.05) is 25.4 Å². The number of ether oxygens (including phenoxy) is 1. The van der Waals surface area contributed by atoms with E-state index in [1.807, 2.05) is 13.8 Å². The minimum absolute atomic E-state index is 0.110. The molecule has 1 amide bonds. The Hall–Kier alpha value is -1.08. The molecule has 1 aromatic rings. The number of carbonyl (C=O) groups excluding carboxylic acids is 1. The molecule has 1 aliphatic heterocycles. The molecule has 5 nitrogen and oxygen atoms in total. The van der Waals surface area contributed by atoms with Crippen LogP contribution in [0, 0.1) is 6.92 Å². The molecule has 1 atom stereocenters. The predicted molar refractivity (Wildman–Crippen MR) is 87.5 cm³/mol. The molecule has 124 valence electrons. The van der Waals surface area contributed by atoms with Crippen molar-refractivity contribution in [3.05, 3.63) is 16.0 Å². The Morgan fingerprint density at radius 2 is 2.09 bits per heavy atom. The first-order valence-electron chi connectivity index (χ1n) is 7.58. The maximum absolute atomic E-state index is 12.2. The van der Waals surface area contributed by atoms with Gasteiger partial charge in [0.1, 0.15) is 4.21 Å². The Morgan fingerprint density at radius 1 is 1.41 bits per heavy atom. The summed E-state index contributed by atoms with van der Waals surface area (Å²) < 4.78 is 30.0. The molecule has 0 N–H and O–H groups in total. The number of carbonyl (C=O) groups is 1. The van der Waals surface area contributed by atoms with E-state index in [0.717, 1.165) is 16.0 Å². The van der Waals surface area contributed by atoms with Crippen LogP contribution in [0.5, 0.6) is 0 Å². The maximum atomic E-state index is 12.2. The van der Waals surface area contributed by atoms with Gasteiger partial charge in [-0.1, -0.05) is 13.8 Å². The van der Waals surface area contributed by atoms with E-state index in [9.17, 15) is 13.2 Å². The predicted octanol–water partition coefficient (Wildman–Crippen LogP) is 2.97. The Morgan fingerprint density at radius 3 is 2.68 bits per heavy atom. The van der Waals surface area contributed by atoms with E-state index in [4.69, 9.17) is 4.74 Å². The van der Waals surface area contributed by atoms with Gasteiger partial charge in [-0.3, -0.25) is 0 Å². The van der Waals surface area contributed by atoms with Crippen LogP contribution >= 0.6 is 11.3 Å². The Labute approximate surface area is 136 Å². The van der Waals surface area contributed by atoms with Crippen molar-refractivity contribution in [3.63, 3.8) is 0 Å². The molecule has 1 aliphatic rings. The molecule has 0 saturated carbocycles. The average Bonchev–Trinajstić information content (AvgIpc) is 2.71. The molecular weight excluding hydrogens is 322 g/mol. The van der Waals surface area contributed by atoms with Crippen molar-refractivity contribution in [2.24, 2.45) is 0 Å². The lowest BCUT2D eigenvalue weighted by Crippen LogP contribution is -2.34. The van der Waals surface area contributed by atoms with Crippen LogP contribution in [-0.4, -0.2) is 44.9 Å². The van der Waals surface area contributed by atoms with Crippen LogP contribution < -0.4 is 0 Å². The van der Waals surface area contributed by atoms with Crippen molar-refractivity contribution >= 4 is 27.3 Å². The maximum Gasteiger partial charge on any atom is 0.409 e. The van der Waals surface area contributed by atoms with Crippen molar-refractivity contribution < 1.29 is 17.9 Å². The summed E-state index contributed by atoms with van der Waals surface area (Å²) in [7, 11) is -3.18. The number of fused-ring (bicyclic) bond motifs is 1. The Bertz CT molecular complexity index is 663. The largest absolute Gasteiger partial charge is 0.450 e. The van der Waals surface area contributed by atoms with Crippen LogP contribution in [0.25, 0.3) is 0 Å². The van der Waals surface area contributed by atoms with Gasteiger partial charge in [-0.2, -0.15) is 0 Å². The summed E-state index contributed by atoms with van der Waals surface area (Å²) in [6.07, 6.45) is 0.395. The highest BCUT2D eigenvalue weighted by molar-refractivity contribution is 7.93. The fraction of sp³-hybridized carbons (Fsp3) is 0.667. The summed E-state index contributed by atoms with van der Waals surface area (Å²) in [4.78, 5) is 14.7. The summed E-state index contributed by atoms with van der Waals surface area (Å²) in [5.41, 5.74) is 1.96. The van der Waals surface area contributed by atoms with Crippen LogP contribution in [0.1, 0.15) is 42.7 Å². The highest BCUT2D eigenvalue weighted by Crippen LogP contribution is 2.39. The van der Waals surface area contributed by atoms with E-state index in [0.29, 0.717) is 30.3 Å². The molecule has 0 spiro atoms. The molecule has 0 aromatic carbocycles. The van der Waals surface area contributed by atoms with E-state index in [1.165, 1.54) is 11.3 Å². The summed E-state index contributed by atoms with van der Waals surface area (Å²) in [5.74, 6) is 0.232. The van der Waals surface area contributed by atoms with Gasteiger partial charge in [0, 0.05) is 23.9 Å². The first-order chi connectivity index (χ1) is 10.3. The first-order valence-corrected chi connectivity index (χ1v) is 10.0. The molecule has 0 radical (unpaired) electrons. The molecule has 0 saturated heterocycles. The van der Waals surface area contributed by atoms with E-state index in [2.05, 4.69) is 0 Å². The van der Waals surface area contributed by atoms with Crippen molar-refractivity contribution in [2.45, 2.75) is 44.2 Å². The van der Waals surface area contributed by atoms with E-state index >= 15 is 0 Å². The lowest BCUT2D eigenvalue weighted by Gasteiger charge is -2.22. The second-order valence-electron chi connectivity index (χ2n) is 5.55. The van der Waals surface area contributed by atoms with Gasteiger partial charge in [0.15, 0.2) is 9.84 Å². The molecule has 0 aliphatic carbocycles. The lowest BCUT2D eigenvalue weighted by molar-refractivity contribution is 0.107. The van der Waals surface area contributed by atoms with Gasteiger partial charge >= 0.3 is 6.09 Å². The fourth-order valence-corrected chi connectivity index (χ4v) is 6.10. The number of sulfone groups is 1. The molecular formula is C15H23NO4S2. The molecule has 2 rings (SSSR count). The average molecular weight is 345 g/mol. The number of rotatable bonds is 3. The van der Waals surface area contributed by atoms with Crippen molar-refractivity contribution in [1.29, 1.82) is 0 Å². The third kappa shape index (κ3) is 3.15. The Kier molecular flexibility index (Phi) is 5.17. The van der Waals surface area contributed by atoms with Crippen LogP contribution in [-0.2, 0) is 21.0 Å². The molecule has 2 heterocycles. The van der Waals surface area contributed by atoms with Crippen molar-refractivity contribution in [3.8, 4) is 0 Å². The molecule has 1 aromatic heterocycles. The Balaban J connectivity index is 2.34. The third-order valence-electron chi connectivity index (χ3n) is 4.01. The third-order valence-corrected chi connectivity index (χ3v) is 7.82. The van der Waals surface area contributed by atoms with E-state index < -0.39 is 9.84 Å². The summed E-state index contributed by atoms with van der Waals surface area (Å²) in [6, 6.07) is 0. The van der Waals surface area contributed by atoms with Gasteiger partial charge in [-0.05, 0) is 31.4 Å². The standard InChI is InChI=1S/C15H23NO4S2/c1-5-20-15(17)16-8-7-12-13(10(3)9-16)11(4)14(21-12)22(18,19)6-2/h10H,5-9H2,1-4H3. The smallest absolute Gasteiger partial charge is 0.409 e. The lowest BCUT2D eigenvalue weighted by atomic mass is 9.98. The number of amides is 1. The van der Waals surface area contributed by atoms with Crippen molar-refractivity contribution in [1.82, 2.24) is 4.90 Å². The topological polar surface area (TPSA) is 63.7 Å². The molecule has 22 heavy (non-hydrogen) atoms. The normalized spacial score (nSPS) is 18.7. The van der Waals surface area contributed by atoms with Gasteiger partial charge in [0.25, 0.3) is 0 Å². The summed E-state index contributed by atoms with van der Waals surface area (Å²) >= 11 is 1.37. The zero-order chi connectivity index (χ0) is 16.5. The first kappa shape index (κ1) is 17.3. The van der Waals surface area contributed by atoms with Gasteiger partial charge in [0.05, 0.1) is 12.4 Å². The molecule has 0 fully saturated rings. The molecule has 1 unspecified atom stereocenters.